The smallest absolute Gasteiger partial charge is 0.479 e. The monoisotopic (exact) mass is 544 g/mol. The van der Waals surface area contributed by atoms with Crippen LogP contribution in [0.3, 0.4) is 0 Å². The standard InChI is InChI=1S/C29H38BFO8/c1-15-7-9-29-10-8-18(32)25(29)28(15,4)20(11-27(3)12-21(33)39-26(27)16(29)2)38-22(34)14-36-19-6-5-17-13-37-30(35)23(17)24(19)31/h5-6,15-16,20-21,25-26,33,35H,7-14H2,1-4H3/t15-,16+,20-,21?,25+,26+,27+,28+,29+/m1/s1. The Kier molecular flexibility index (Phi) is 6.45. The van der Waals surface area contributed by atoms with Crippen molar-refractivity contribution in [3.05, 3.63) is 23.5 Å². The number of benzene rings is 1. The molecule has 2 bridgehead atoms. The molecule has 0 radical (unpaired) electrons. The van der Waals surface area contributed by atoms with Crippen LogP contribution in [0.25, 0.3) is 0 Å². The zero-order valence-corrected chi connectivity index (χ0v) is 23.1. The van der Waals surface area contributed by atoms with Crippen molar-refractivity contribution in [1.29, 1.82) is 0 Å². The maximum absolute atomic E-state index is 15.0. The molecule has 5 aliphatic rings. The van der Waals surface area contributed by atoms with Crippen molar-refractivity contribution in [3.8, 4) is 5.75 Å². The first-order chi connectivity index (χ1) is 18.4. The molecule has 3 aliphatic carbocycles. The number of esters is 1. The van der Waals surface area contributed by atoms with Crippen molar-refractivity contribution in [2.24, 2.45) is 34.0 Å². The molecule has 6 rings (SSSR count). The van der Waals surface area contributed by atoms with Gasteiger partial charge in [-0.25, -0.2) is 9.18 Å². The van der Waals surface area contributed by atoms with Gasteiger partial charge in [0.05, 0.1) is 12.7 Å². The molecule has 2 aliphatic heterocycles. The van der Waals surface area contributed by atoms with Gasteiger partial charge in [-0.15, -0.1) is 0 Å². The van der Waals surface area contributed by atoms with Gasteiger partial charge in [-0.05, 0) is 54.6 Å². The Balaban J connectivity index is 1.30. The van der Waals surface area contributed by atoms with Gasteiger partial charge in [-0.2, -0.15) is 0 Å². The molecule has 2 N–H and O–H groups in total. The lowest BCUT2D eigenvalue weighted by molar-refractivity contribution is -0.212. The summed E-state index contributed by atoms with van der Waals surface area (Å²) in [5.41, 5.74) is -0.765. The highest BCUT2D eigenvalue weighted by molar-refractivity contribution is 6.61. The van der Waals surface area contributed by atoms with E-state index in [2.05, 4.69) is 27.7 Å². The lowest BCUT2D eigenvalue weighted by Gasteiger charge is -2.61. The minimum absolute atomic E-state index is 0.0217. The summed E-state index contributed by atoms with van der Waals surface area (Å²) in [6.07, 6.45) is 2.20. The molecular formula is C29H38BFO8. The maximum Gasteiger partial charge on any atom is 0.494 e. The third-order valence-corrected chi connectivity index (χ3v) is 11.3. The van der Waals surface area contributed by atoms with Crippen LogP contribution in [0.2, 0.25) is 0 Å². The van der Waals surface area contributed by atoms with Crippen molar-refractivity contribution in [2.75, 3.05) is 6.61 Å². The van der Waals surface area contributed by atoms with Crippen LogP contribution >= 0.6 is 0 Å². The number of hydrogen-bond donors (Lipinski definition) is 2. The number of ketones is 1. The molecule has 3 saturated carbocycles. The molecule has 0 amide bonds. The summed E-state index contributed by atoms with van der Waals surface area (Å²) in [5.74, 6) is -1.42. The first kappa shape index (κ1) is 27.2. The fraction of sp³-hybridized carbons (Fsp3) is 0.724. The Bertz CT molecular complexity index is 1190. The maximum atomic E-state index is 15.0. The number of aliphatic hydroxyl groups is 1. The molecule has 9 atom stereocenters. The van der Waals surface area contributed by atoms with Gasteiger partial charge >= 0.3 is 13.1 Å². The quantitative estimate of drug-likeness (QED) is 0.440. The average Bonchev–Trinajstić information content (AvgIpc) is 3.53. The Morgan fingerprint density at radius 1 is 1.23 bits per heavy atom. The van der Waals surface area contributed by atoms with Gasteiger partial charge in [0.15, 0.2) is 24.5 Å². The van der Waals surface area contributed by atoms with E-state index in [0.717, 1.165) is 19.3 Å². The van der Waals surface area contributed by atoms with Crippen molar-refractivity contribution in [2.45, 2.75) is 91.3 Å². The van der Waals surface area contributed by atoms with E-state index in [0.29, 0.717) is 24.8 Å². The molecule has 0 spiro atoms. The van der Waals surface area contributed by atoms with E-state index >= 15 is 0 Å². The van der Waals surface area contributed by atoms with E-state index < -0.39 is 48.7 Å². The summed E-state index contributed by atoms with van der Waals surface area (Å²) in [7, 11) is -1.37. The van der Waals surface area contributed by atoms with Crippen LogP contribution in [-0.2, 0) is 30.3 Å². The fourth-order valence-corrected chi connectivity index (χ4v) is 9.13. The first-order valence-corrected chi connectivity index (χ1v) is 14.2. The van der Waals surface area contributed by atoms with E-state index in [4.69, 9.17) is 18.9 Å². The van der Waals surface area contributed by atoms with E-state index in [-0.39, 0.29) is 52.9 Å². The van der Waals surface area contributed by atoms with Gasteiger partial charge < -0.3 is 29.0 Å². The van der Waals surface area contributed by atoms with E-state index in [1.165, 1.54) is 6.07 Å². The number of hydrogen-bond acceptors (Lipinski definition) is 8. The molecule has 1 saturated heterocycles. The summed E-state index contributed by atoms with van der Waals surface area (Å²) in [4.78, 5) is 26.9. The zero-order valence-electron chi connectivity index (χ0n) is 23.1. The second kappa shape index (κ2) is 9.26. The van der Waals surface area contributed by atoms with Gasteiger partial charge in [0.25, 0.3) is 0 Å². The van der Waals surface area contributed by atoms with Gasteiger partial charge in [0, 0.05) is 35.1 Å². The molecule has 212 valence electrons. The van der Waals surface area contributed by atoms with Crippen molar-refractivity contribution in [3.63, 3.8) is 0 Å². The van der Waals surface area contributed by atoms with Gasteiger partial charge in [0.1, 0.15) is 11.9 Å². The second-order valence-electron chi connectivity index (χ2n) is 13.2. The minimum Gasteiger partial charge on any atom is -0.479 e. The number of carbonyl (C=O) groups is 2. The average molecular weight is 544 g/mol. The summed E-state index contributed by atoms with van der Waals surface area (Å²) in [5, 5.41) is 20.5. The number of Topliss-reactive ketones (excluding diaryl/α,β-unsaturated/α-hetero) is 1. The molecular weight excluding hydrogens is 506 g/mol. The number of rotatable bonds is 4. The molecule has 1 aromatic rings. The molecule has 10 heteroatoms. The predicted octanol–water partition coefficient (Wildman–Crippen LogP) is 2.89. The summed E-state index contributed by atoms with van der Waals surface area (Å²) in [6, 6.07) is 3.02. The zero-order chi connectivity index (χ0) is 27.9. The van der Waals surface area contributed by atoms with Crippen LogP contribution in [0, 0.1) is 39.8 Å². The van der Waals surface area contributed by atoms with Crippen LogP contribution in [0.1, 0.15) is 71.8 Å². The Labute approximate surface area is 228 Å². The van der Waals surface area contributed by atoms with Crippen LogP contribution < -0.4 is 10.2 Å². The van der Waals surface area contributed by atoms with Gasteiger partial charge in [0.2, 0.25) is 0 Å². The van der Waals surface area contributed by atoms with Crippen LogP contribution in [0.5, 0.6) is 5.75 Å². The summed E-state index contributed by atoms with van der Waals surface area (Å²) >= 11 is 0. The van der Waals surface area contributed by atoms with Gasteiger partial charge in [-0.3, -0.25) is 4.79 Å². The molecule has 1 unspecified atom stereocenters. The lowest BCUT2D eigenvalue weighted by atomic mass is 9.44. The molecule has 8 nitrogen and oxygen atoms in total. The molecule has 2 heterocycles. The molecule has 0 aromatic heterocycles. The number of halogens is 1. The van der Waals surface area contributed by atoms with Crippen molar-refractivity contribution < 1.29 is 43.0 Å². The van der Waals surface area contributed by atoms with E-state index in [1.807, 2.05) is 0 Å². The van der Waals surface area contributed by atoms with Crippen LogP contribution in [0.4, 0.5) is 4.39 Å². The number of carbonyl (C=O) groups excluding carboxylic acids is 2. The number of fused-ring (bicyclic) bond motifs is 2. The highest BCUT2D eigenvalue weighted by Gasteiger charge is 2.69. The topological polar surface area (TPSA) is 112 Å². The second-order valence-corrected chi connectivity index (χ2v) is 13.2. The van der Waals surface area contributed by atoms with Crippen LogP contribution in [-0.4, -0.2) is 54.1 Å². The first-order valence-electron chi connectivity index (χ1n) is 14.2. The SMILES string of the molecule is C[C@@H]1CC[C@@]23CCC(=O)[C@H]2[C@]1(C)[C@H](OC(=O)COc1ccc2c(c1F)B(O)OC2)C[C@@]1(C)CC(O)O[C@H]1[C@@H]3C. The summed E-state index contributed by atoms with van der Waals surface area (Å²) < 4.78 is 37.9. The summed E-state index contributed by atoms with van der Waals surface area (Å²) in [6.45, 7) is 8.09. The van der Waals surface area contributed by atoms with Crippen molar-refractivity contribution >= 4 is 24.3 Å². The van der Waals surface area contributed by atoms with Crippen molar-refractivity contribution in [1.82, 2.24) is 0 Å². The third-order valence-electron chi connectivity index (χ3n) is 11.3. The third kappa shape index (κ3) is 3.92. The molecule has 1 aromatic carbocycles. The molecule has 4 fully saturated rings. The highest BCUT2D eigenvalue weighted by Crippen LogP contribution is 2.69. The Hall–Kier alpha value is -2.01. The van der Waals surface area contributed by atoms with Crippen LogP contribution in [0.15, 0.2) is 12.1 Å². The number of aliphatic hydroxyl groups excluding tert-OH is 1. The van der Waals surface area contributed by atoms with E-state index in [9.17, 15) is 24.1 Å². The largest absolute Gasteiger partial charge is 0.494 e. The Morgan fingerprint density at radius 2 is 2.00 bits per heavy atom. The normalized spacial score (nSPS) is 42.8. The molecule has 39 heavy (non-hydrogen) atoms. The van der Waals surface area contributed by atoms with E-state index in [1.54, 1.807) is 6.07 Å². The number of ether oxygens (including phenoxy) is 3. The fourth-order valence-electron chi connectivity index (χ4n) is 9.13. The van der Waals surface area contributed by atoms with Gasteiger partial charge in [-0.1, -0.05) is 33.8 Å². The predicted molar refractivity (Wildman–Crippen MR) is 138 cm³/mol. The Morgan fingerprint density at radius 3 is 2.77 bits per heavy atom. The highest BCUT2D eigenvalue weighted by atomic mass is 19.1. The minimum atomic E-state index is -1.37. The lowest BCUT2D eigenvalue weighted by Crippen LogP contribution is -2.62.